The third kappa shape index (κ3) is 5.42. The zero-order valence-electron chi connectivity index (χ0n) is 12.8. The van der Waals surface area contributed by atoms with E-state index in [0.717, 1.165) is 32.1 Å². The minimum absolute atomic E-state index is 0.0770. The lowest BCUT2D eigenvalue weighted by Crippen LogP contribution is -2.11. The summed E-state index contributed by atoms with van der Waals surface area (Å²) in [4.78, 5) is 0. The van der Waals surface area contributed by atoms with Gasteiger partial charge in [0.05, 0.1) is 17.5 Å². The van der Waals surface area contributed by atoms with Crippen molar-refractivity contribution >= 4 is 11.4 Å². The maximum atomic E-state index is 13.7. The summed E-state index contributed by atoms with van der Waals surface area (Å²) in [5, 5.41) is 3.21. The van der Waals surface area contributed by atoms with E-state index in [1.807, 2.05) is 13.8 Å². The van der Waals surface area contributed by atoms with Crippen molar-refractivity contribution < 1.29 is 13.9 Å². The summed E-state index contributed by atoms with van der Waals surface area (Å²) < 4.78 is 24.7. The Hall–Kier alpha value is -1.49. The molecule has 0 unspecified atom stereocenters. The smallest absolute Gasteiger partial charge is 0.167 e. The molecule has 0 atom stereocenters. The van der Waals surface area contributed by atoms with E-state index in [9.17, 15) is 4.39 Å². The van der Waals surface area contributed by atoms with Crippen LogP contribution in [0.1, 0.15) is 33.1 Å². The van der Waals surface area contributed by atoms with Crippen LogP contribution in [0, 0.1) is 11.7 Å². The highest BCUT2D eigenvalue weighted by Gasteiger charge is 2.20. The van der Waals surface area contributed by atoms with Gasteiger partial charge >= 0.3 is 0 Å². The maximum Gasteiger partial charge on any atom is 0.167 e. The summed E-state index contributed by atoms with van der Waals surface area (Å²) in [6.07, 6.45) is 3.43. The lowest BCUT2D eigenvalue weighted by atomic mass is 10.2. The minimum atomic E-state index is -0.431. The third-order valence-corrected chi connectivity index (χ3v) is 3.30. The molecule has 3 N–H and O–H groups in total. The van der Waals surface area contributed by atoms with Gasteiger partial charge in [-0.3, -0.25) is 0 Å². The maximum absolute atomic E-state index is 13.7. The van der Waals surface area contributed by atoms with Crippen LogP contribution in [0.25, 0.3) is 0 Å². The van der Waals surface area contributed by atoms with E-state index in [1.54, 1.807) is 6.07 Å². The van der Waals surface area contributed by atoms with Gasteiger partial charge in [-0.15, -0.1) is 0 Å². The average molecular weight is 296 g/mol. The van der Waals surface area contributed by atoms with Crippen LogP contribution in [-0.2, 0) is 4.74 Å². The highest BCUT2D eigenvalue weighted by Crippen LogP contribution is 2.29. The van der Waals surface area contributed by atoms with Gasteiger partial charge in [0.15, 0.2) is 11.6 Å². The number of anilines is 2. The molecule has 1 saturated carbocycles. The molecule has 1 aliphatic rings. The fourth-order valence-corrected chi connectivity index (χ4v) is 2.00. The van der Waals surface area contributed by atoms with Crippen molar-refractivity contribution in [3.05, 3.63) is 17.9 Å². The van der Waals surface area contributed by atoms with Crippen molar-refractivity contribution in [2.24, 2.45) is 5.92 Å². The molecule has 0 spiro atoms. The molecular weight excluding hydrogens is 271 g/mol. The van der Waals surface area contributed by atoms with Gasteiger partial charge in [-0.1, -0.05) is 0 Å². The summed E-state index contributed by atoms with van der Waals surface area (Å²) in [6, 6.07) is 2.92. The fraction of sp³-hybridized carbons (Fsp3) is 0.625. The molecule has 5 heteroatoms. The van der Waals surface area contributed by atoms with Crippen LogP contribution in [0.3, 0.4) is 0 Å². The number of halogens is 1. The predicted molar refractivity (Wildman–Crippen MR) is 83.2 cm³/mol. The molecule has 0 bridgehead atoms. The molecule has 0 saturated heterocycles. The van der Waals surface area contributed by atoms with Gasteiger partial charge in [0, 0.05) is 31.9 Å². The number of ether oxygens (including phenoxy) is 2. The first-order valence-corrected chi connectivity index (χ1v) is 7.63. The Bertz CT molecular complexity index is 462. The Kier molecular flexibility index (Phi) is 5.67. The molecule has 1 aliphatic carbocycles. The second kappa shape index (κ2) is 7.50. The first-order valence-electron chi connectivity index (χ1n) is 7.63. The van der Waals surface area contributed by atoms with Crippen molar-refractivity contribution in [1.29, 1.82) is 0 Å². The SMILES string of the molecule is CC(C)Oc1cc(NCCCOCC2CC2)c(N)cc1F. The van der Waals surface area contributed by atoms with E-state index >= 15 is 0 Å². The zero-order chi connectivity index (χ0) is 15.2. The molecule has 1 aromatic carbocycles. The van der Waals surface area contributed by atoms with Crippen molar-refractivity contribution in [3.63, 3.8) is 0 Å². The van der Waals surface area contributed by atoms with E-state index < -0.39 is 5.82 Å². The van der Waals surface area contributed by atoms with Gasteiger partial charge < -0.3 is 20.5 Å². The van der Waals surface area contributed by atoms with Crippen molar-refractivity contribution in [1.82, 2.24) is 0 Å². The molecule has 118 valence electrons. The second-order valence-corrected chi connectivity index (χ2v) is 5.84. The number of nitrogen functional groups attached to an aromatic ring is 1. The minimum Gasteiger partial charge on any atom is -0.488 e. The Morgan fingerprint density at radius 3 is 2.81 bits per heavy atom. The van der Waals surface area contributed by atoms with Gasteiger partial charge in [0.25, 0.3) is 0 Å². The Morgan fingerprint density at radius 1 is 1.38 bits per heavy atom. The van der Waals surface area contributed by atoms with E-state index in [1.165, 1.54) is 18.9 Å². The van der Waals surface area contributed by atoms with Crippen LogP contribution in [-0.4, -0.2) is 25.9 Å². The van der Waals surface area contributed by atoms with Crippen molar-refractivity contribution in [2.75, 3.05) is 30.8 Å². The van der Waals surface area contributed by atoms with Crippen LogP contribution in [0.2, 0.25) is 0 Å². The zero-order valence-corrected chi connectivity index (χ0v) is 12.8. The summed E-state index contributed by atoms with van der Waals surface area (Å²) >= 11 is 0. The van der Waals surface area contributed by atoms with Gasteiger partial charge in [-0.2, -0.15) is 0 Å². The number of hydrogen-bond acceptors (Lipinski definition) is 4. The highest BCUT2D eigenvalue weighted by atomic mass is 19.1. The monoisotopic (exact) mass is 296 g/mol. The van der Waals surface area contributed by atoms with Crippen molar-refractivity contribution in [3.8, 4) is 5.75 Å². The number of rotatable bonds is 9. The Balaban J connectivity index is 1.77. The average Bonchev–Trinajstić information content (AvgIpc) is 3.22. The van der Waals surface area contributed by atoms with Crippen LogP contribution in [0.4, 0.5) is 15.8 Å². The van der Waals surface area contributed by atoms with Crippen LogP contribution < -0.4 is 15.8 Å². The van der Waals surface area contributed by atoms with Crippen LogP contribution in [0.15, 0.2) is 12.1 Å². The highest BCUT2D eigenvalue weighted by molar-refractivity contribution is 5.68. The first-order chi connectivity index (χ1) is 10.1. The fourth-order valence-electron chi connectivity index (χ4n) is 2.00. The van der Waals surface area contributed by atoms with Crippen LogP contribution in [0.5, 0.6) is 5.75 Å². The first kappa shape index (κ1) is 15.9. The third-order valence-electron chi connectivity index (χ3n) is 3.30. The van der Waals surface area contributed by atoms with Gasteiger partial charge in [0.1, 0.15) is 0 Å². The Labute approximate surface area is 125 Å². The molecular formula is C16H25FN2O2. The number of hydrogen-bond donors (Lipinski definition) is 2. The molecule has 4 nitrogen and oxygen atoms in total. The van der Waals surface area contributed by atoms with Gasteiger partial charge in [0.2, 0.25) is 0 Å². The molecule has 0 amide bonds. The number of nitrogens with one attached hydrogen (secondary N) is 1. The van der Waals surface area contributed by atoms with E-state index in [4.69, 9.17) is 15.2 Å². The quantitative estimate of drug-likeness (QED) is 0.541. The van der Waals surface area contributed by atoms with Crippen LogP contribution >= 0.6 is 0 Å². The lowest BCUT2D eigenvalue weighted by Gasteiger charge is -2.15. The molecule has 21 heavy (non-hydrogen) atoms. The molecule has 0 aromatic heterocycles. The number of benzene rings is 1. The van der Waals surface area contributed by atoms with E-state index in [-0.39, 0.29) is 11.9 Å². The molecule has 1 aromatic rings. The summed E-state index contributed by atoms with van der Waals surface area (Å²) in [5.74, 6) is 0.590. The topological polar surface area (TPSA) is 56.5 Å². The van der Waals surface area contributed by atoms with Crippen molar-refractivity contribution in [2.45, 2.75) is 39.2 Å². The summed E-state index contributed by atoms with van der Waals surface area (Å²) in [5.41, 5.74) is 6.91. The largest absolute Gasteiger partial charge is 0.488 e. The normalized spacial score (nSPS) is 14.5. The molecule has 0 radical (unpaired) electrons. The summed E-state index contributed by atoms with van der Waals surface area (Å²) in [6.45, 7) is 6.08. The summed E-state index contributed by atoms with van der Waals surface area (Å²) in [7, 11) is 0. The Morgan fingerprint density at radius 2 is 2.14 bits per heavy atom. The number of nitrogens with two attached hydrogens (primary N) is 1. The van der Waals surface area contributed by atoms with Gasteiger partial charge in [-0.05, 0) is 39.0 Å². The van der Waals surface area contributed by atoms with Gasteiger partial charge in [-0.25, -0.2) is 4.39 Å². The second-order valence-electron chi connectivity index (χ2n) is 5.84. The van der Waals surface area contributed by atoms with E-state index in [0.29, 0.717) is 11.4 Å². The predicted octanol–water partition coefficient (Wildman–Crippen LogP) is 3.42. The molecule has 0 heterocycles. The van der Waals surface area contributed by atoms with E-state index in [2.05, 4.69) is 5.32 Å². The standard InChI is InChI=1S/C16H25FN2O2/c1-11(2)21-16-9-15(14(18)8-13(16)17)19-6-3-7-20-10-12-4-5-12/h8-9,11-12,19H,3-7,10,18H2,1-2H3. The molecule has 0 aliphatic heterocycles. The lowest BCUT2D eigenvalue weighted by molar-refractivity contribution is 0.124. The molecule has 1 fully saturated rings. The molecule has 2 rings (SSSR count).